The summed E-state index contributed by atoms with van der Waals surface area (Å²) in [4.78, 5) is 32.8. The Morgan fingerprint density at radius 2 is 2.04 bits per heavy atom. The summed E-state index contributed by atoms with van der Waals surface area (Å²) >= 11 is 5.51. The summed E-state index contributed by atoms with van der Waals surface area (Å²) in [5, 5.41) is 21.8. The van der Waals surface area contributed by atoms with E-state index in [0.29, 0.717) is 0 Å². The van der Waals surface area contributed by atoms with E-state index in [1.807, 2.05) is 0 Å². The average molecular weight is 347 g/mol. The Morgan fingerprint density at radius 1 is 1.43 bits per heavy atom. The zero-order valence-electron chi connectivity index (χ0n) is 12.6. The van der Waals surface area contributed by atoms with Gasteiger partial charge in [0.2, 0.25) is 5.91 Å². The fraction of sp³-hybridized carbons (Fsp3) is 0.429. The maximum Gasteiger partial charge on any atom is 0.303 e. The number of nitrogens with zero attached hydrogens (tertiary/aromatic N) is 1. The molecule has 0 aliphatic carbocycles. The maximum atomic E-state index is 13.5. The molecule has 9 heteroatoms. The van der Waals surface area contributed by atoms with Crippen LogP contribution in [0.5, 0.6) is 0 Å². The van der Waals surface area contributed by atoms with Crippen LogP contribution >= 0.6 is 11.6 Å². The highest BCUT2D eigenvalue weighted by Gasteiger charge is 2.24. The number of nitro benzene ring substituents is 1. The van der Waals surface area contributed by atoms with Crippen LogP contribution in [0.2, 0.25) is 5.02 Å². The number of halogens is 2. The van der Waals surface area contributed by atoms with Crippen molar-refractivity contribution >= 4 is 29.2 Å². The number of carboxylic acid groups (broad SMARTS) is 1. The molecule has 0 radical (unpaired) electrons. The van der Waals surface area contributed by atoms with E-state index in [1.54, 1.807) is 13.8 Å². The van der Waals surface area contributed by atoms with Crippen molar-refractivity contribution in [2.75, 3.05) is 0 Å². The third-order valence-electron chi connectivity index (χ3n) is 3.11. The molecule has 1 aromatic rings. The molecule has 0 bridgehead atoms. The molecule has 1 amide bonds. The van der Waals surface area contributed by atoms with Gasteiger partial charge in [-0.05, 0) is 26.3 Å². The molecule has 7 nitrogen and oxygen atoms in total. The second kappa shape index (κ2) is 7.36. The van der Waals surface area contributed by atoms with Gasteiger partial charge >= 0.3 is 5.97 Å². The zero-order valence-corrected chi connectivity index (χ0v) is 13.3. The highest BCUT2D eigenvalue weighted by atomic mass is 35.5. The van der Waals surface area contributed by atoms with Crippen molar-refractivity contribution in [2.24, 2.45) is 0 Å². The standard InChI is InChI=1S/C14H16ClFN2O5/c1-14(2,4-3-13(20)21)17-12(19)6-8-5-10(16)9(15)7-11(8)18(22)23/h5,7H,3-4,6H2,1-2H3,(H,17,19)(H,20,21). The molecule has 0 saturated carbocycles. The third-order valence-corrected chi connectivity index (χ3v) is 3.40. The predicted octanol–water partition coefficient (Wildman–Crippen LogP) is 2.69. The van der Waals surface area contributed by atoms with Crippen LogP contribution in [0, 0.1) is 15.9 Å². The van der Waals surface area contributed by atoms with Crippen LogP contribution in [0.25, 0.3) is 0 Å². The molecule has 126 valence electrons. The molecule has 0 aliphatic rings. The molecule has 0 fully saturated rings. The van der Waals surface area contributed by atoms with E-state index in [9.17, 15) is 24.1 Å². The van der Waals surface area contributed by atoms with Crippen LogP contribution in [-0.2, 0) is 16.0 Å². The Labute approximate surface area is 136 Å². The Hall–Kier alpha value is -2.22. The normalized spacial score (nSPS) is 11.1. The van der Waals surface area contributed by atoms with Gasteiger partial charge in [-0.3, -0.25) is 19.7 Å². The first kappa shape index (κ1) is 18.8. The lowest BCUT2D eigenvalue weighted by molar-refractivity contribution is -0.385. The molecule has 0 saturated heterocycles. The number of nitro groups is 1. The van der Waals surface area contributed by atoms with Crippen LogP contribution < -0.4 is 5.32 Å². The minimum atomic E-state index is -0.997. The second-order valence-electron chi connectivity index (χ2n) is 5.65. The monoisotopic (exact) mass is 346 g/mol. The Morgan fingerprint density at radius 3 is 2.57 bits per heavy atom. The van der Waals surface area contributed by atoms with Gasteiger partial charge in [0.25, 0.3) is 5.69 Å². The largest absolute Gasteiger partial charge is 0.481 e. The molecule has 0 heterocycles. The van der Waals surface area contributed by atoms with Gasteiger partial charge in [0.1, 0.15) is 5.82 Å². The lowest BCUT2D eigenvalue weighted by Crippen LogP contribution is -2.44. The molecule has 1 aromatic carbocycles. The molecule has 0 atom stereocenters. The van der Waals surface area contributed by atoms with Crippen LogP contribution in [0.3, 0.4) is 0 Å². The Bertz CT molecular complexity index is 648. The summed E-state index contributed by atoms with van der Waals surface area (Å²) in [6, 6.07) is 1.71. The van der Waals surface area contributed by atoms with Gasteiger partial charge in [0, 0.05) is 23.6 Å². The quantitative estimate of drug-likeness (QED) is 0.582. The van der Waals surface area contributed by atoms with Crippen LogP contribution in [0.1, 0.15) is 32.3 Å². The van der Waals surface area contributed by atoms with E-state index in [2.05, 4.69) is 5.32 Å². The van der Waals surface area contributed by atoms with Gasteiger partial charge in [-0.2, -0.15) is 0 Å². The summed E-state index contributed by atoms with van der Waals surface area (Å²) in [7, 11) is 0. The molecule has 0 aromatic heterocycles. The maximum absolute atomic E-state index is 13.5. The van der Waals surface area contributed by atoms with Crippen LogP contribution in [0.15, 0.2) is 12.1 Å². The number of hydrogen-bond donors (Lipinski definition) is 2. The van der Waals surface area contributed by atoms with Gasteiger partial charge in [0.05, 0.1) is 16.4 Å². The highest BCUT2D eigenvalue weighted by Crippen LogP contribution is 2.26. The molecule has 1 rings (SSSR count). The van der Waals surface area contributed by atoms with Crippen LogP contribution in [-0.4, -0.2) is 27.4 Å². The second-order valence-corrected chi connectivity index (χ2v) is 6.06. The fourth-order valence-electron chi connectivity index (χ4n) is 1.97. The van der Waals surface area contributed by atoms with E-state index in [1.165, 1.54) is 0 Å². The molecule has 2 N–H and O–H groups in total. The lowest BCUT2D eigenvalue weighted by Gasteiger charge is -2.25. The average Bonchev–Trinajstić information content (AvgIpc) is 2.39. The number of carbonyl (C=O) groups excluding carboxylic acids is 1. The van der Waals surface area contributed by atoms with Gasteiger partial charge in [-0.1, -0.05) is 11.6 Å². The number of nitrogens with one attached hydrogen (secondary N) is 1. The summed E-state index contributed by atoms with van der Waals surface area (Å²) in [6.07, 6.45) is -0.366. The lowest BCUT2D eigenvalue weighted by atomic mass is 9.97. The summed E-state index contributed by atoms with van der Waals surface area (Å²) in [5.74, 6) is -2.43. The van der Waals surface area contributed by atoms with Crippen molar-refractivity contribution in [2.45, 2.75) is 38.6 Å². The molecule has 0 unspecified atom stereocenters. The zero-order chi connectivity index (χ0) is 17.8. The first-order valence-corrected chi connectivity index (χ1v) is 7.05. The minimum absolute atomic E-state index is 0.108. The van der Waals surface area contributed by atoms with Gasteiger partial charge in [-0.15, -0.1) is 0 Å². The van der Waals surface area contributed by atoms with E-state index in [4.69, 9.17) is 16.7 Å². The molecular weight excluding hydrogens is 331 g/mol. The van der Waals surface area contributed by atoms with Crippen molar-refractivity contribution in [1.29, 1.82) is 0 Å². The van der Waals surface area contributed by atoms with Gasteiger partial charge < -0.3 is 10.4 Å². The molecule has 0 aliphatic heterocycles. The van der Waals surface area contributed by atoms with Crippen molar-refractivity contribution in [1.82, 2.24) is 5.32 Å². The number of carboxylic acids is 1. The Balaban J connectivity index is 2.87. The van der Waals surface area contributed by atoms with E-state index in [0.717, 1.165) is 12.1 Å². The van der Waals surface area contributed by atoms with E-state index >= 15 is 0 Å². The number of rotatable bonds is 7. The predicted molar refractivity (Wildman–Crippen MR) is 80.9 cm³/mol. The number of benzene rings is 1. The van der Waals surface area contributed by atoms with E-state index < -0.39 is 45.3 Å². The molecular formula is C14H16ClFN2O5. The molecule has 23 heavy (non-hydrogen) atoms. The highest BCUT2D eigenvalue weighted by molar-refractivity contribution is 6.31. The topological polar surface area (TPSA) is 110 Å². The van der Waals surface area contributed by atoms with Gasteiger partial charge in [0.15, 0.2) is 0 Å². The molecule has 0 spiro atoms. The summed E-state index contributed by atoms with van der Waals surface area (Å²) in [5.41, 5.74) is -1.37. The fourth-order valence-corrected chi connectivity index (χ4v) is 2.12. The van der Waals surface area contributed by atoms with E-state index in [-0.39, 0.29) is 18.4 Å². The van der Waals surface area contributed by atoms with Crippen molar-refractivity contribution in [3.05, 3.63) is 38.7 Å². The summed E-state index contributed by atoms with van der Waals surface area (Å²) < 4.78 is 13.5. The Kier molecular flexibility index (Phi) is 6.03. The smallest absolute Gasteiger partial charge is 0.303 e. The van der Waals surface area contributed by atoms with Crippen molar-refractivity contribution < 1.29 is 24.0 Å². The van der Waals surface area contributed by atoms with Crippen molar-refractivity contribution in [3.63, 3.8) is 0 Å². The number of aliphatic carboxylic acids is 1. The third kappa shape index (κ3) is 5.82. The number of carbonyl (C=O) groups is 2. The minimum Gasteiger partial charge on any atom is -0.481 e. The summed E-state index contributed by atoms with van der Waals surface area (Å²) in [6.45, 7) is 3.26. The van der Waals surface area contributed by atoms with Crippen LogP contribution in [0.4, 0.5) is 10.1 Å². The number of hydrogen-bond acceptors (Lipinski definition) is 4. The van der Waals surface area contributed by atoms with Crippen molar-refractivity contribution in [3.8, 4) is 0 Å². The number of amides is 1. The first-order valence-electron chi connectivity index (χ1n) is 6.67. The van der Waals surface area contributed by atoms with Gasteiger partial charge in [-0.25, -0.2) is 4.39 Å². The SMILES string of the molecule is CC(C)(CCC(=O)O)NC(=O)Cc1cc(F)c(Cl)cc1[N+](=O)[O-]. The first-order chi connectivity index (χ1) is 10.5.